The minimum atomic E-state index is -0.916. The summed E-state index contributed by atoms with van der Waals surface area (Å²) in [5.74, 6) is 0.482. The molecule has 0 aliphatic carbocycles. The molecule has 0 fully saturated rings. The summed E-state index contributed by atoms with van der Waals surface area (Å²) in [7, 11) is 1.46. The van der Waals surface area contributed by atoms with E-state index in [1.165, 1.54) is 25.3 Å². The number of alkyl halides is 1. The third-order valence-corrected chi connectivity index (χ3v) is 2.55. The van der Waals surface area contributed by atoms with Crippen LogP contribution in [0.4, 0.5) is 5.69 Å². The lowest BCUT2D eigenvalue weighted by molar-refractivity contribution is -0.386. The van der Waals surface area contributed by atoms with Gasteiger partial charge < -0.3 is 9.84 Å². The molecule has 0 amide bonds. The van der Waals surface area contributed by atoms with E-state index in [1.54, 1.807) is 0 Å². The molecule has 0 saturated heterocycles. The quantitative estimate of drug-likeness (QED) is 0.519. The highest BCUT2D eigenvalue weighted by atomic mass is 79.9. The standard InChI is InChI=1S/C9H10BrNO4/c1-15-6-2-3-8(11(13)14)7(4-6)9(12)5-10/h2-4,9,12H,5H2,1H3. The third-order valence-electron chi connectivity index (χ3n) is 1.94. The Balaban J connectivity index is 3.22. The van der Waals surface area contributed by atoms with Crippen molar-refractivity contribution in [2.45, 2.75) is 6.10 Å². The molecule has 1 atom stereocenters. The fourth-order valence-corrected chi connectivity index (χ4v) is 1.52. The van der Waals surface area contributed by atoms with E-state index in [0.717, 1.165) is 0 Å². The zero-order valence-corrected chi connectivity index (χ0v) is 9.60. The number of hydrogen-bond acceptors (Lipinski definition) is 4. The molecule has 15 heavy (non-hydrogen) atoms. The molecule has 0 radical (unpaired) electrons. The lowest BCUT2D eigenvalue weighted by Gasteiger charge is -2.09. The molecule has 1 aromatic rings. The summed E-state index contributed by atoms with van der Waals surface area (Å²) in [5.41, 5.74) is 0.138. The number of halogens is 1. The summed E-state index contributed by atoms with van der Waals surface area (Å²) in [5, 5.41) is 20.5. The maximum Gasteiger partial charge on any atom is 0.275 e. The first-order valence-electron chi connectivity index (χ1n) is 4.16. The normalized spacial score (nSPS) is 12.2. The minimum absolute atomic E-state index is 0.109. The number of benzene rings is 1. The van der Waals surface area contributed by atoms with Crippen molar-refractivity contribution in [3.8, 4) is 5.75 Å². The lowest BCUT2D eigenvalue weighted by Crippen LogP contribution is -2.03. The molecule has 0 aromatic heterocycles. The van der Waals surface area contributed by atoms with Crippen molar-refractivity contribution in [1.82, 2.24) is 0 Å². The van der Waals surface area contributed by atoms with Crippen molar-refractivity contribution >= 4 is 21.6 Å². The molecule has 0 bridgehead atoms. The van der Waals surface area contributed by atoms with Gasteiger partial charge in [-0.2, -0.15) is 0 Å². The molecule has 5 nitrogen and oxygen atoms in total. The van der Waals surface area contributed by atoms with Crippen LogP contribution in [0, 0.1) is 10.1 Å². The molecule has 1 unspecified atom stereocenters. The Morgan fingerprint density at radius 1 is 1.67 bits per heavy atom. The summed E-state index contributed by atoms with van der Waals surface area (Å²) in [6.07, 6.45) is -0.916. The van der Waals surface area contributed by atoms with Crippen molar-refractivity contribution in [2.75, 3.05) is 12.4 Å². The Morgan fingerprint density at radius 3 is 2.80 bits per heavy atom. The first-order chi connectivity index (χ1) is 7.10. The molecule has 0 saturated carbocycles. The highest BCUT2D eigenvalue weighted by Crippen LogP contribution is 2.29. The molecule has 82 valence electrons. The SMILES string of the molecule is COc1ccc([N+](=O)[O-])c(C(O)CBr)c1. The highest BCUT2D eigenvalue weighted by molar-refractivity contribution is 9.09. The topological polar surface area (TPSA) is 72.6 Å². The average molecular weight is 276 g/mol. The molecule has 1 rings (SSSR count). The second kappa shape index (κ2) is 5.09. The minimum Gasteiger partial charge on any atom is -0.497 e. The number of ether oxygens (including phenoxy) is 1. The van der Waals surface area contributed by atoms with Gasteiger partial charge in [0, 0.05) is 11.4 Å². The molecule has 1 aromatic carbocycles. The number of aliphatic hydroxyl groups is 1. The van der Waals surface area contributed by atoms with Gasteiger partial charge in [0.15, 0.2) is 0 Å². The van der Waals surface area contributed by atoms with Crippen LogP contribution in [-0.4, -0.2) is 22.5 Å². The monoisotopic (exact) mass is 275 g/mol. The molecule has 0 aliphatic heterocycles. The van der Waals surface area contributed by atoms with Crippen molar-refractivity contribution < 1.29 is 14.8 Å². The van der Waals surface area contributed by atoms with Crippen LogP contribution < -0.4 is 4.74 Å². The van der Waals surface area contributed by atoms with Crippen LogP contribution in [0.2, 0.25) is 0 Å². The van der Waals surface area contributed by atoms with Crippen LogP contribution >= 0.6 is 15.9 Å². The van der Waals surface area contributed by atoms with Crippen molar-refractivity contribution in [3.05, 3.63) is 33.9 Å². The number of nitrogens with zero attached hydrogens (tertiary/aromatic N) is 1. The van der Waals surface area contributed by atoms with Crippen molar-refractivity contribution in [2.24, 2.45) is 0 Å². The summed E-state index contributed by atoms with van der Waals surface area (Å²) in [6, 6.07) is 4.27. The Kier molecular flexibility index (Phi) is 4.05. The predicted octanol–water partition coefficient (Wildman–Crippen LogP) is 2.03. The van der Waals surface area contributed by atoms with Crippen LogP contribution in [0.1, 0.15) is 11.7 Å². The number of nitro groups is 1. The average Bonchev–Trinajstić information content (AvgIpc) is 2.26. The number of aliphatic hydroxyl groups excluding tert-OH is 1. The number of methoxy groups -OCH3 is 1. The highest BCUT2D eigenvalue weighted by Gasteiger charge is 2.20. The second-order valence-corrected chi connectivity index (χ2v) is 3.50. The maximum absolute atomic E-state index is 10.7. The van der Waals surface area contributed by atoms with E-state index in [9.17, 15) is 15.2 Å². The Hall–Kier alpha value is -1.14. The molecular weight excluding hydrogens is 266 g/mol. The maximum atomic E-state index is 10.7. The number of hydrogen-bond donors (Lipinski definition) is 1. The van der Waals surface area contributed by atoms with Gasteiger partial charge in [-0.25, -0.2) is 0 Å². The second-order valence-electron chi connectivity index (χ2n) is 2.85. The van der Waals surface area contributed by atoms with Crippen LogP contribution in [0.3, 0.4) is 0 Å². The predicted molar refractivity (Wildman–Crippen MR) is 58.4 cm³/mol. The van der Waals surface area contributed by atoms with Gasteiger partial charge in [-0.05, 0) is 12.1 Å². The Labute approximate surface area is 95.0 Å². The molecular formula is C9H10BrNO4. The largest absolute Gasteiger partial charge is 0.497 e. The van der Waals surface area contributed by atoms with Gasteiger partial charge in [0.05, 0.1) is 23.7 Å². The summed E-state index contributed by atoms with van der Waals surface area (Å²) < 4.78 is 4.94. The van der Waals surface area contributed by atoms with Gasteiger partial charge in [-0.3, -0.25) is 10.1 Å². The van der Waals surface area contributed by atoms with Gasteiger partial charge >= 0.3 is 0 Å². The van der Waals surface area contributed by atoms with Gasteiger partial charge in [-0.15, -0.1) is 0 Å². The van der Waals surface area contributed by atoms with E-state index >= 15 is 0 Å². The first kappa shape index (κ1) is 11.9. The van der Waals surface area contributed by atoms with E-state index in [1.807, 2.05) is 0 Å². The Bertz CT molecular complexity index is 369. The molecule has 0 heterocycles. The molecule has 6 heteroatoms. The van der Waals surface area contributed by atoms with Gasteiger partial charge in [-0.1, -0.05) is 15.9 Å². The summed E-state index contributed by atoms with van der Waals surface area (Å²) in [4.78, 5) is 10.2. The number of rotatable bonds is 4. The number of nitro benzene ring substituents is 1. The molecule has 0 aliphatic rings. The zero-order valence-electron chi connectivity index (χ0n) is 8.01. The summed E-state index contributed by atoms with van der Waals surface area (Å²) >= 11 is 3.07. The van der Waals surface area contributed by atoms with Gasteiger partial charge in [0.25, 0.3) is 5.69 Å². The van der Waals surface area contributed by atoms with E-state index in [2.05, 4.69) is 15.9 Å². The summed E-state index contributed by atoms with van der Waals surface area (Å²) in [6.45, 7) is 0. The van der Waals surface area contributed by atoms with Gasteiger partial charge in [0.2, 0.25) is 0 Å². The van der Waals surface area contributed by atoms with E-state index in [-0.39, 0.29) is 16.6 Å². The lowest BCUT2D eigenvalue weighted by atomic mass is 10.1. The van der Waals surface area contributed by atoms with Crippen molar-refractivity contribution in [3.63, 3.8) is 0 Å². The van der Waals surface area contributed by atoms with Gasteiger partial charge in [0.1, 0.15) is 5.75 Å². The molecule has 1 N–H and O–H groups in total. The van der Waals surface area contributed by atoms with E-state index < -0.39 is 11.0 Å². The van der Waals surface area contributed by atoms with Crippen LogP contribution in [0.5, 0.6) is 5.75 Å². The fourth-order valence-electron chi connectivity index (χ4n) is 1.18. The van der Waals surface area contributed by atoms with E-state index in [0.29, 0.717) is 5.75 Å². The van der Waals surface area contributed by atoms with Crippen LogP contribution in [0.25, 0.3) is 0 Å². The first-order valence-corrected chi connectivity index (χ1v) is 5.28. The van der Waals surface area contributed by atoms with Crippen LogP contribution in [-0.2, 0) is 0 Å². The smallest absolute Gasteiger partial charge is 0.275 e. The van der Waals surface area contributed by atoms with E-state index in [4.69, 9.17) is 4.74 Å². The third kappa shape index (κ3) is 2.66. The zero-order chi connectivity index (χ0) is 11.4. The van der Waals surface area contributed by atoms with Crippen LogP contribution in [0.15, 0.2) is 18.2 Å². The molecule has 0 spiro atoms. The fraction of sp³-hybridized carbons (Fsp3) is 0.333. The van der Waals surface area contributed by atoms with Crippen molar-refractivity contribution in [1.29, 1.82) is 0 Å². The Morgan fingerprint density at radius 2 is 2.33 bits per heavy atom.